The number of hydrogen-bond acceptors (Lipinski definition) is 2. The van der Waals surface area contributed by atoms with Gasteiger partial charge in [-0.2, -0.15) is 0 Å². The summed E-state index contributed by atoms with van der Waals surface area (Å²) in [7, 11) is 0. The van der Waals surface area contributed by atoms with E-state index in [1.54, 1.807) is 0 Å². The molecular formula is C15H22N2O. The van der Waals surface area contributed by atoms with Gasteiger partial charge in [0.15, 0.2) is 0 Å². The number of aromatic nitrogens is 2. The van der Waals surface area contributed by atoms with Crippen LogP contribution in [-0.2, 0) is 12.8 Å². The van der Waals surface area contributed by atoms with E-state index in [4.69, 9.17) is 5.11 Å². The summed E-state index contributed by atoms with van der Waals surface area (Å²) in [5.74, 6) is 0.977. The topological polar surface area (TPSA) is 48.9 Å². The quantitative estimate of drug-likeness (QED) is 0.737. The summed E-state index contributed by atoms with van der Waals surface area (Å²) in [6.45, 7) is 2.45. The number of imidazole rings is 1. The van der Waals surface area contributed by atoms with Gasteiger partial charge in [-0.1, -0.05) is 25.8 Å². The van der Waals surface area contributed by atoms with Crippen LogP contribution >= 0.6 is 0 Å². The van der Waals surface area contributed by atoms with Gasteiger partial charge in [-0.15, -0.1) is 0 Å². The summed E-state index contributed by atoms with van der Waals surface area (Å²) in [6, 6.07) is 6.48. The predicted molar refractivity (Wildman–Crippen MR) is 74.7 cm³/mol. The minimum absolute atomic E-state index is 0.222. The number of aromatic amines is 1. The fourth-order valence-electron chi connectivity index (χ4n) is 2.21. The van der Waals surface area contributed by atoms with Crippen LogP contribution in [0, 0.1) is 0 Å². The SMILES string of the molecule is CCCCCc1ccc2nc(CCCO)[nH]c2c1. The molecule has 1 aromatic carbocycles. The Labute approximate surface area is 108 Å². The zero-order valence-corrected chi connectivity index (χ0v) is 11.1. The van der Waals surface area contributed by atoms with Crippen molar-refractivity contribution in [2.75, 3.05) is 6.61 Å². The molecule has 0 bridgehead atoms. The Morgan fingerprint density at radius 1 is 1.17 bits per heavy atom. The van der Waals surface area contributed by atoms with Crippen molar-refractivity contribution >= 4 is 11.0 Å². The van der Waals surface area contributed by atoms with Gasteiger partial charge in [-0.3, -0.25) is 0 Å². The van der Waals surface area contributed by atoms with Gasteiger partial charge >= 0.3 is 0 Å². The van der Waals surface area contributed by atoms with Gasteiger partial charge in [-0.25, -0.2) is 4.98 Å². The van der Waals surface area contributed by atoms with E-state index in [2.05, 4.69) is 35.1 Å². The summed E-state index contributed by atoms with van der Waals surface area (Å²) in [4.78, 5) is 7.86. The standard InChI is InChI=1S/C15H22N2O/c1-2-3-4-6-12-8-9-13-14(11-12)17-15(16-13)7-5-10-18/h8-9,11,18H,2-7,10H2,1H3,(H,16,17). The molecule has 2 aromatic rings. The molecule has 0 unspecified atom stereocenters. The second-order valence-electron chi connectivity index (χ2n) is 4.82. The maximum atomic E-state index is 8.83. The first-order chi connectivity index (χ1) is 8.83. The summed E-state index contributed by atoms with van der Waals surface area (Å²) in [5.41, 5.74) is 3.53. The average molecular weight is 246 g/mol. The number of aliphatic hydroxyl groups excluding tert-OH is 1. The average Bonchev–Trinajstić information content (AvgIpc) is 2.78. The molecule has 18 heavy (non-hydrogen) atoms. The third-order valence-corrected chi connectivity index (χ3v) is 3.24. The van der Waals surface area contributed by atoms with Crippen LogP contribution in [0.15, 0.2) is 18.2 Å². The molecule has 0 aliphatic heterocycles. The molecule has 1 heterocycles. The highest BCUT2D eigenvalue weighted by Crippen LogP contribution is 2.16. The molecule has 3 nitrogen and oxygen atoms in total. The predicted octanol–water partition coefficient (Wildman–Crippen LogP) is 3.22. The van der Waals surface area contributed by atoms with E-state index >= 15 is 0 Å². The van der Waals surface area contributed by atoms with Crippen molar-refractivity contribution in [1.29, 1.82) is 0 Å². The molecule has 0 saturated heterocycles. The maximum Gasteiger partial charge on any atom is 0.107 e. The van der Waals surface area contributed by atoms with Crippen molar-refractivity contribution in [2.45, 2.75) is 45.4 Å². The molecular weight excluding hydrogens is 224 g/mol. The van der Waals surface area contributed by atoms with Gasteiger partial charge in [0.2, 0.25) is 0 Å². The molecule has 0 atom stereocenters. The highest BCUT2D eigenvalue weighted by molar-refractivity contribution is 5.75. The van der Waals surface area contributed by atoms with E-state index in [9.17, 15) is 0 Å². The Balaban J connectivity index is 2.07. The second-order valence-corrected chi connectivity index (χ2v) is 4.82. The Morgan fingerprint density at radius 2 is 2.06 bits per heavy atom. The van der Waals surface area contributed by atoms with Crippen molar-refractivity contribution in [2.24, 2.45) is 0 Å². The molecule has 2 N–H and O–H groups in total. The van der Waals surface area contributed by atoms with Gasteiger partial charge in [0.25, 0.3) is 0 Å². The van der Waals surface area contributed by atoms with Crippen LogP contribution in [0.4, 0.5) is 0 Å². The first-order valence-electron chi connectivity index (χ1n) is 6.92. The lowest BCUT2D eigenvalue weighted by Gasteiger charge is -2.00. The van der Waals surface area contributed by atoms with Gasteiger partial charge in [0.1, 0.15) is 5.82 Å². The lowest BCUT2D eigenvalue weighted by molar-refractivity contribution is 0.287. The Hall–Kier alpha value is -1.35. The van der Waals surface area contributed by atoms with Crippen molar-refractivity contribution in [3.8, 4) is 0 Å². The van der Waals surface area contributed by atoms with Crippen LogP contribution in [0.25, 0.3) is 11.0 Å². The molecule has 0 amide bonds. The molecule has 0 spiro atoms. The van der Waals surface area contributed by atoms with Crippen molar-refractivity contribution in [3.05, 3.63) is 29.6 Å². The molecule has 2 rings (SSSR count). The molecule has 0 aliphatic carbocycles. The Kier molecular flexibility index (Phi) is 4.76. The van der Waals surface area contributed by atoms with Crippen LogP contribution in [0.3, 0.4) is 0 Å². The van der Waals surface area contributed by atoms with Crippen LogP contribution in [0.1, 0.15) is 44.0 Å². The van der Waals surface area contributed by atoms with E-state index in [-0.39, 0.29) is 6.61 Å². The first kappa shape index (κ1) is 13.1. The van der Waals surface area contributed by atoms with Gasteiger partial charge < -0.3 is 10.1 Å². The molecule has 1 aromatic heterocycles. The van der Waals surface area contributed by atoms with E-state index in [1.807, 2.05) is 0 Å². The smallest absolute Gasteiger partial charge is 0.107 e. The molecule has 3 heteroatoms. The van der Waals surface area contributed by atoms with Crippen LogP contribution in [0.2, 0.25) is 0 Å². The number of benzene rings is 1. The summed E-state index contributed by atoms with van der Waals surface area (Å²) >= 11 is 0. The van der Waals surface area contributed by atoms with Crippen molar-refractivity contribution < 1.29 is 5.11 Å². The van der Waals surface area contributed by atoms with Crippen molar-refractivity contribution in [3.63, 3.8) is 0 Å². The number of unbranched alkanes of at least 4 members (excludes halogenated alkanes) is 2. The number of H-pyrrole nitrogens is 1. The first-order valence-corrected chi connectivity index (χ1v) is 6.92. The Morgan fingerprint density at radius 3 is 2.83 bits per heavy atom. The largest absolute Gasteiger partial charge is 0.396 e. The zero-order valence-electron chi connectivity index (χ0n) is 11.1. The second kappa shape index (κ2) is 6.55. The van der Waals surface area contributed by atoms with Gasteiger partial charge in [0.05, 0.1) is 11.0 Å². The molecule has 0 radical (unpaired) electrons. The molecule has 0 fully saturated rings. The van der Waals surface area contributed by atoms with E-state index < -0.39 is 0 Å². The maximum absolute atomic E-state index is 8.83. The minimum atomic E-state index is 0.222. The van der Waals surface area contributed by atoms with E-state index in [0.717, 1.165) is 36.1 Å². The third kappa shape index (κ3) is 3.33. The number of rotatable bonds is 7. The van der Waals surface area contributed by atoms with E-state index in [1.165, 1.54) is 24.8 Å². The van der Waals surface area contributed by atoms with Crippen LogP contribution < -0.4 is 0 Å². The Bertz CT molecular complexity index is 490. The minimum Gasteiger partial charge on any atom is -0.396 e. The summed E-state index contributed by atoms with van der Waals surface area (Å²) in [6.07, 6.45) is 6.54. The number of hydrogen-bond donors (Lipinski definition) is 2. The summed E-state index contributed by atoms with van der Waals surface area (Å²) < 4.78 is 0. The molecule has 0 aliphatic rings. The van der Waals surface area contributed by atoms with Gasteiger partial charge in [0, 0.05) is 13.0 Å². The zero-order chi connectivity index (χ0) is 12.8. The fourth-order valence-corrected chi connectivity index (χ4v) is 2.21. The highest BCUT2D eigenvalue weighted by atomic mass is 16.2. The van der Waals surface area contributed by atoms with Crippen LogP contribution in [0.5, 0.6) is 0 Å². The number of fused-ring (bicyclic) bond motifs is 1. The monoisotopic (exact) mass is 246 g/mol. The van der Waals surface area contributed by atoms with Gasteiger partial charge in [-0.05, 0) is 37.0 Å². The number of aliphatic hydroxyl groups is 1. The molecule has 98 valence electrons. The number of nitrogens with one attached hydrogen (secondary N) is 1. The number of nitrogens with zero attached hydrogens (tertiary/aromatic N) is 1. The third-order valence-electron chi connectivity index (χ3n) is 3.24. The van der Waals surface area contributed by atoms with Crippen molar-refractivity contribution in [1.82, 2.24) is 9.97 Å². The highest BCUT2D eigenvalue weighted by Gasteiger charge is 2.03. The molecule has 0 saturated carbocycles. The van der Waals surface area contributed by atoms with Crippen LogP contribution in [-0.4, -0.2) is 21.7 Å². The number of aryl methyl sites for hydroxylation is 2. The van der Waals surface area contributed by atoms with E-state index in [0.29, 0.717) is 0 Å². The summed E-state index contributed by atoms with van der Waals surface area (Å²) in [5, 5.41) is 8.83. The lowest BCUT2D eigenvalue weighted by atomic mass is 10.1. The normalized spacial score (nSPS) is 11.2. The fraction of sp³-hybridized carbons (Fsp3) is 0.533. The lowest BCUT2D eigenvalue weighted by Crippen LogP contribution is -1.90.